The standard InChI is InChI=1S/C24H38N6/c1-4-8-17(2)27-24-26-16-21-22(29-24)20(18-9-6-5-7-10-18)15-25-23(21)28-19-11-13-30(3)14-12-19/h15-19H,4-14H2,1-3H3,(H,25,28)(H,26,27,29). The third-order valence-corrected chi connectivity index (χ3v) is 6.85. The van der Waals surface area contributed by atoms with E-state index in [-0.39, 0.29) is 0 Å². The van der Waals surface area contributed by atoms with E-state index < -0.39 is 0 Å². The van der Waals surface area contributed by atoms with Crippen molar-refractivity contribution in [3.63, 3.8) is 0 Å². The van der Waals surface area contributed by atoms with E-state index in [1.54, 1.807) is 0 Å². The number of nitrogens with zero attached hydrogens (tertiary/aromatic N) is 4. The van der Waals surface area contributed by atoms with Crippen LogP contribution in [-0.2, 0) is 0 Å². The van der Waals surface area contributed by atoms with Crippen molar-refractivity contribution in [2.75, 3.05) is 30.8 Å². The van der Waals surface area contributed by atoms with Gasteiger partial charge < -0.3 is 15.5 Å². The molecule has 6 nitrogen and oxygen atoms in total. The Kier molecular flexibility index (Phi) is 7.03. The van der Waals surface area contributed by atoms with Gasteiger partial charge in [0.2, 0.25) is 5.95 Å². The third kappa shape index (κ3) is 5.02. The molecule has 164 valence electrons. The lowest BCUT2D eigenvalue weighted by atomic mass is 9.84. The van der Waals surface area contributed by atoms with Gasteiger partial charge in [-0.3, -0.25) is 0 Å². The second-order valence-corrected chi connectivity index (χ2v) is 9.41. The zero-order valence-electron chi connectivity index (χ0n) is 19.0. The Bertz CT molecular complexity index is 824. The van der Waals surface area contributed by atoms with Gasteiger partial charge in [0.25, 0.3) is 0 Å². The molecule has 2 N–H and O–H groups in total. The summed E-state index contributed by atoms with van der Waals surface area (Å²) in [6.07, 6.45) is 15.1. The summed E-state index contributed by atoms with van der Waals surface area (Å²) in [4.78, 5) is 17.0. The first kappa shape index (κ1) is 21.3. The fraction of sp³-hybridized carbons (Fsp3) is 0.708. The summed E-state index contributed by atoms with van der Waals surface area (Å²) in [7, 11) is 2.20. The molecule has 1 aliphatic heterocycles. The number of nitrogens with one attached hydrogen (secondary N) is 2. The highest BCUT2D eigenvalue weighted by Gasteiger charge is 2.23. The Morgan fingerprint density at radius 3 is 2.57 bits per heavy atom. The van der Waals surface area contributed by atoms with Gasteiger partial charge in [0.1, 0.15) is 5.82 Å². The zero-order valence-corrected chi connectivity index (χ0v) is 19.0. The van der Waals surface area contributed by atoms with Crippen LogP contribution in [0.1, 0.15) is 83.1 Å². The molecule has 2 aromatic heterocycles. The highest BCUT2D eigenvalue weighted by Crippen LogP contribution is 2.37. The molecule has 0 spiro atoms. The topological polar surface area (TPSA) is 66.0 Å². The number of aromatic nitrogens is 3. The van der Waals surface area contributed by atoms with Gasteiger partial charge in [0, 0.05) is 30.0 Å². The van der Waals surface area contributed by atoms with Crippen LogP contribution >= 0.6 is 0 Å². The molecule has 2 aromatic rings. The minimum atomic E-state index is 0.379. The first-order chi connectivity index (χ1) is 14.6. The highest BCUT2D eigenvalue weighted by molar-refractivity contribution is 5.91. The van der Waals surface area contributed by atoms with E-state index in [4.69, 9.17) is 9.97 Å². The monoisotopic (exact) mass is 410 g/mol. The Hall–Kier alpha value is -1.95. The van der Waals surface area contributed by atoms with Crippen molar-refractivity contribution in [2.24, 2.45) is 0 Å². The van der Waals surface area contributed by atoms with E-state index in [0.717, 1.165) is 61.4 Å². The van der Waals surface area contributed by atoms with Crippen molar-refractivity contribution in [1.82, 2.24) is 19.9 Å². The second kappa shape index (κ2) is 9.90. The van der Waals surface area contributed by atoms with Crippen molar-refractivity contribution in [2.45, 2.75) is 89.6 Å². The number of piperidine rings is 1. The maximum atomic E-state index is 5.03. The summed E-state index contributed by atoms with van der Waals surface area (Å²) in [6, 6.07) is 0.851. The number of hydrogen-bond acceptors (Lipinski definition) is 6. The molecule has 1 atom stereocenters. The lowest BCUT2D eigenvalue weighted by Gasteiger charge is -2.30. The van der Waals surface area contributed by atoms with Gasteiger partial charge in [-0.15, -0.1) is 0 Å². The lowest BCUT2D eigenvalue weighted by Crippen LogP contribution is -2.36. The Balaban J connectivity index is 1.65. The van der Waals surface area contributed by atoms with Crippen LogP contribution in [0.4, 0.5) is 11.8 Å². The first-order valence-electron chi connectivity index (χ1n) is 12.0. The van der Waals surface area contributed by atoms with E-state index in [1.807, 2.05) is 6.20 Å². The predicted octanol–water partition coefficient (Wildman–Crippen LogP) is 5.18. The molecular weight excluding hydrogens is 372 g/mol. The van der Waals surface area contributed by atoms with Crippen LogP contribution in [-0.4, -0.2) is 52.1 Å². The Morgan fingerprint density at radius 1 is 1.07 bits per heavy atom. The van der Waals surface area contributed by atoms with Crippen LogP contribution < -0.4 is 10.6 Å². The molecular formula is C24H38N6. The third-order valence-electron chi connectivity index (χ3n) is 6.85. The van der Waals surface area contributed by atoms with Gasteiger partial charge in [-0.1, -0.05) is 32.6 Å². The largest absolute Gasteiger partial charge is 0.367 e. The summed E-state index contributed by atoms with van der Waals surface area (Å²) in [6.45, 7) is 6.69. The van der Waals surface area contributed by atoms with E-state index in [2.05, 4.69) is 47.6 Å². The maximum absolute atomic E-state index is 5.03. The van der Waals surface area contributed by atoms with Crippen LogP contribution in [0.2, 0.25) is 0 Å². The smallest absolute Gasteiger partial charge is 0.223 e. The molecule has 1 saturated carbocycles. The maximum Gasteiger partial charge on any atom is 0.223 e. The van der Waals surface area contributed by atoms with Crippen LogP contribution in [0.15, 0.2) is 12.4 Å². The lowest BCUT2D eigenvalue weighted by molar-refractivity contribution is 0.264. The molecule has 2 aliphatic rings. The SMILES string of the molecule is CCCC(C)Nc1ncc2c(NC3CCN(C)CC3)ncc(C3CCCCC3)c2n1. The first-order valence-corrected chi connectivity index (χ1v) is 12.0. The predicted molar refractivity (Wildman–Crippen MR) is 125 cm³/mol. The number of pyridine rings is 1. The summed E-state index contributed by atoms with van der Waals surface area (Å²) >= 11 is 0. The van der Waals surface area contributed by atoms with Gasteiger partial charge in [-0.25, -0.2) is 15.0 Å². The van der Waals surface area contributed by atoms with Gasteiger partial charge in [0.15, 0.2) is 0 Å². The number of likely N-dealkylation sites (tertiary alicyclic amines) is 1. The van der Waals surface area contributed by atoms with Crippen LogP contribution in [0, 0.1) is 0 Å². The molecule has 3 heterocycles. The van der Waals surface area contributed by atoms with Gasteiger partial charge in [0.05, 0.1) is 10.9 Å². The molecule has 1 saturated heterocycles. The summed E-state index contributed by atoms with van der Waals surface area (Å²) < 4.78 is 0. The second-order valence-electron chi connectivity index (χ2n) is 9.41. The van der Waals surface area contributed by atoms with Crippen LogP contribution in [0.3, 0.4) is 0 Å². The van der Waals surface area contributed by atoms with Crippen LogP contribution in [0.5, 0.6) is 0 Å². The van der Waals surface area contributed by atoms with Gasteiger partial charge >= 0.3 is 0 Å². The molecule has 0 bridgehead atoms. The molecule has 1 aliphatic carbocycles. The quantitative estimate of drug-likeness (QED) is 0.656. The van der Waals surface area contributed by atoms with Crippen molar-refractivity contribution in [1.29, 1.82) is 0 Å². The van der Waals surface area contributed by atoms with Crippen LogP contribution in [0.25, 0.3) is 10.9 Å². The molecule has 0 aromatic carbocycles. The van der Waals surface area contributed by atoms with Crippen molar-refractivity contribution in [3.05, 3.63) is 18.0 Å². The average molecular weight is 411 g/mol. The molecule has 6 heteroatoms. The Morgan fingerprint density at radius 2 is 1.83 bits per heavy atom. The number of hydrogen-bond donors (Lipinski definition) is 2. The number of rotatable bonds is 7. The van der Waals surface area contributed by atoms with Gasteiger partial charge in [-0.2, -0.15) is 0 Å². The average Bonchev–Trinajstić information content (AvgIpc) is 2.76. The van der Waals surface area contributed by atoms with Gasteiger partial charge in [-0.05, 0) is 65.1 Å². The highest BCUT2D eigenvalue weighted by atomic mass is 15.1. The van der Waals surface area contributed by atoms with E-state index in [9.17, 15) is 0 Å². The summed E-state index contributed by atoms with van der Waals surface area (Å²) in [5.41, 5.74) is 2.40. The molecule has 0 amide bonds. The fourth-order valence-electron chi connectivity index (χ4n) is 5.01. The molecule has 2 fully saturated rings. The van der Waals surface area contributed by atoms with Crippen molar-refractivity contribution >= 4 is 22.7 Å². The summed E-state index contributed by atoms with van der Waals surface area (Å²) in [5, 5.41) is 8.29. The fourth-order valence-corrected chi connectivity index (χ4v) is 5.01. The molecule has 4 rings (SSSR count). The minimum absolute atomic E-state index is 0.379. The van der Waals surface area contributed by atoms with Crippen molar-refractivity contribution in [3.8, 4) is 0 Å². The molecule has 30 heavy (non-hydrogen) atoms. The van der Waals surface area contributed by atoms with E-state index >= 15 is 0 Å². The minimum Gasteiger partial charge on any atom is -0.367 e. The van der Waals surface area contributed by atoms with E-state index in [0.29, 0.717) is 18.0 Å². The summed E-state index contributed by atoms with van der Waals surface area (Å²) in [5.74, 6) is 2.27. The van der Waals surface area contributed by atoms with E-state index in [1.165, 1.54) is 37.7 Å². The van der Waals surface area contributed by atoms with Crippen molar-refractivity contribution < 1.29 is 0 Å². The molecule has 1 unspecified atom stereocenters. The number of fused-ring (bicyclic) bond motifs is 1. The zero-order chi connectivity index (χ0) is 20.9. The molecule has 0 radical (unpaired) electrons. The Labute approximate surface area is 181 Å². The normalized spacial score (nSPS) is 20.4. The number of anilines is 2.